The van der Waals surface area contributed by atoms with Crippen LogP contribution < -0.4 is 4.74 Å². The molecule has 5 heteroatoms. The second-order valence-electron chi connectivity index (χ2n) is 4.62. The van der Waals surface area contributed by atoms with Gasteiger partial charge in [0.1, 0.15) is 12.4 Å². The van der Waals surface area contributed by atoms with E-state index in [1.165, 1.54) is 0 Å². The Bertz CT molecular complexity index is 586. The zero-order valence-electron chi connectivity index (χ0n) is 11.8. The minimum Gasteiger partial charge on any atom is -0.490 e. The van der Waals surface area contributed by atoms with Gasteiger partial charge in [-0.2, -0.15) is 0 Å². The maximum absolute atomic E-state index is 12.2. The smallest absolute Gasteiger partial charge is 0.241 e. The van der Waals surface area contributed by atoms with Crippen LogP contribution in [0.15, 0.2) is 36.9 Å². The molecule has 0 aromatic heterocycles. The highest BCUT2D eigenvalue weighted by molar-refractivity contribution is 9.10. The molecule has 1 unspecified atom stereocenters. The Morgan fingerprint density at radius 1 is 1.57 bits per heavy atom. The van der Waals surface area contributed by atoms with E-state index in [0.717, 1.165) is 11.3 Å². The highest BCUT2D eigenvalue weighted by Crippen LogP contribution is 2.34. The molecule has 0 fully saturated rings. The van der Waals surface area contributed by atoms with Gasteiger partial charge in [-0.15, -0.1) is 0 Å². The molecule has 1 aliphatic rings. The molecule has 1 aromatic rings. The lowest BCUT2D eigenvalue weighted by Crippen LogP contribution is -2.38. The lowest BCUT2D eigenvalue weighted by atomic mass is 10.0. The summed E-state index contributed by atoms with van der Waals surface area (Å²) in [5.74, 6) is 0.755. The maximum atomic E-state index is 12.2. The van der Waals surface area contributed by atoms with Crippen molar-refractivity contribution in [2.75, 3.05) is 13.2 Å². The normalized spacial score (nSPS) is 18.4. The third-order valence-corrected chi connectivity index (χ3v) is 4.32. The third-order valence-electron chi connectivity index (χ3n) is 3.24. The van der Waals surface area contributed by atoms with E-state index in [-0.39, 0.29) is 10.7 Å². The summed E-state index contributed by atoms with van der Waals surface area (Å²) < 4.78 is 5.46. The zero-order chi connectivity index (χ0) is 15.4. The molecule has 0 bridgehead atoms. The van der Waals surface area contributed by atoms with Gasteiger partial charge in [0.15, 0.2) is 0 Å². The summed E-state index contributed by atoms with van der Waals surface area (Å²) in [7, 11) is 0. The Kier molecular flexibility index (Phi) is 5.48. The Labute approximate surface area is 138 Å². The van der Waals surface area contributed by atoms with Crippen LogP contribution >= 0.6 is 27.5 Å². The second-order valence-corrected chi connectivity index (χ2v) is 6.13. The van der Waals surface area contributed by atoms with Crippen LogP contribution in [-0.2, 0) is 4.79 Å². The summed E-state index contributed by atoms with van der Waals surface area (Å²) in [6.45, 7) is 6.60. The van der Waals surface area contributed by atoms with Crippen molar-refractivity contribution in [2.45, 2.75) is 18.2 Å². The Balaban J connectivity index is 2.32. The topological polar surface area (TPSA) is 29.5 Å². The van der Waals surface area contributed by atoms with Crippen molar-refractivity contribution in [2.24, 2.45) is 0 Å². The lowest BCUT2D eigenvalue weighted by Gasteiger charge is -2.30. The number of amides is 1. The number of benzene rings is 1. The molecule has 3 nitrogen and oxygen atoms in total. The van der Waals surface area contributed by atoms with E-state index in [4.69, 9.17) is 16.3 Å². The number of rotatable bonds is 5. The van der Waals surface area contributed by atoms with E-state index < -0.39 is 0 Å². The van der Waals surface area contributed by atoms with E-state index >= 15 is 0 Å². The SMILES string of the molecule is C=CCOc1ccc(C2=CCC(Br)C(=O)N2CC)c(Cl)c1. The Hall–Kier alpha value is -1.26. The van der Waals surface area contributed by atoms with Gasteiger partial charge in [-0.05, 0) is 31.5 Å². The number of allylic oxidation sites excluding steroid dienone is 1. The lowest BCUT2D eigenvalue weighted by molar-refractivity contribution is -0.127. The summed E-state index contributed by atoms with van der Waals surface area (Å²) >= 11 is 9.75. The predicted molar refractivity (Wildman–Crippen MR) is 89.8 cm³/mol. The fourth-order valence-corrected chi connectivity index (χ4v) is 2.95. The standard InChI is InChI=1S/C16H17BrClNO2/c1-3-9-21-11-5-6-12(14(18)10-11)15-8-7-13(17)16(20)19(15)4-2/h3,5-6,8,10,13H,1,4,7,9H2,2H3. The van der Waals surface area contributed by atoms with E-state index in [9.17, 15) is 4.79 Å². The van der Waals surface area contributed by atoms with Crippen LogP contribution in [-0.4, -0.2) is 28.8 Å². The largest absolute Gasteiger partial charge is 0.490 e. The fraction of sp³-hybridized carbons (Fsp3) is 0.312. The first-order chi connectivity index (χ1) is 10.1. The number of nitrogens with zero attached hydrogens (tertiary/aromatic N) is 1. The summed E-state index contributed by atoms with van der Waals surface area (Å²) in [6, 6.07) is 5.50. The van der Waals surface area contributed by atoms with Crippen molar-refractivity contribution in [1.29, 1.82) is 0 Å². The average molecular weight is 371 g/mol. The fourth-order valence-electron chi connectivity index (χ4n) is 2.24. The van der Waals surface area contributed by atoms with Gasteiger partial charge in [0.2, 0.25) is 5.91 Å². The van der Waals surface area contributed by atoms with Gasteiger partial charge >= 0.3 is 0 Å². The van der Waals surface area contributed by atoms with Gasteiger partial charge in [0.25, 0.3) is 0 Å². The van der Waals surface area contributed by atoms with E-state index in [1.54, 1.807) is 17.0 Å². The number of hydrogen-bond donors (Lipinski definition) is 0. The molecule has 1 aromatic carbocycles. The molecule has 0 radical (unpaired) electrons. The van der Waals surface area contributed by atoms with Crippen LogP contribution in [0.5, 0.6) is 5.75 Å². The van der Waals surface area contributed by atoms with Crippen molar-refractivity contribution < 1.29 is 9.53 Å². The van der Waals surface area contributed by atoms with E-state index in [1.807, 2.05) is 25.1 Å². The van der Waals surface area contributed by atoms with Crippen LogP contribution in [0.25, 0.3) is 5.70 Å². The summed E-state index contributed by atoms with van der Waals surface area (Å²) in [5, 5.41) is 0.571. The summed E-state index contributed by atoms with van der Waals surface area (Å²) in [5.41, 5.74) is 1.70. The number of carbonyl (C=O) groups is 1. The van der Waals surface area contributed by atoms with E-state index in [2.05, 4.69) is 22.5 Å². The molecular weight excluding hydrogens is 354 g/mol. The molecule has 1 atom stereocenters. The van der Waals surface area contributed by atoms with Crippen LogP contribution in [0.2, 0.25) is 5.02 Å². The molecule has 0 aliphatic carbocycles. The second kappa shape index (κ2) is 7.14. The van der Waals surface area contributed by atoms with Crippen molar-refractivity contribution in [3.63, 3.8) is 0 Å². The first-order valence-electron chi connectivity index (χ1n) is 6.77. The molecule has 1 aliphatic heterocycles. The van der Waals surface area contributed by atoms with Gasteiger partial charge in [0.05, 0.1) is 9.85 Å². The predicted octanol–water partition coefficient (Wildman–Crippen LogP) is 4.26. The van der Waals surface area contributed by atoms with Crippen LogP contribution in [0.1, 0.15) is 18.9 Å². The summed E-state index contributed by atoms with van der Waals surface area (Å²) in [4.78, 5) is 13.8. The first-order valence-corrected chi connectivity index (χ1v) is 8.07. The number of ether oxygens (including phenoxy) is 1. The maximum Gasteiger partial charge on any atom is 0.241 e. The molecule has 1 heterocycles. The highest BCUT2D eigenvalue weighted by atomic mass is 79.9. The minimum absolute atomic E-state index is 0.0676. The minimum atomic E-state index is -0.157. The van der Waals surface area contributed by atoms with Crippen molar-refractivity contribution in [3.05, 3.63) is 47.5 Å². The average Bonchev–Trinajstić information content (AvgIpc) is 2.48. The molecule has 0 N–H and O–H groups in total. The van der Waals surface area contributed by atoms with Crippen LogP contribution in [0.4, 0.5) is 0 Å². The molecule has 0 saturated carbocycles. The monoisotopic (exact) mass is 369 g/mol. The molecule has 21 heavy (non-hydrogen) atoms. The quantitative estimate of drug-likeness (QED) is 0.572. The van der Waals surface area contributed by atoms with Gasteiger partial charge < -0.3 is 9.64 Å². The molecule has 0 spiro atoms. The number of carbonyl (C=O) groups excluding carboxylic acids is 1. The Morgan fingerprint density at radius 2 is 2.33 bits per heavy atom. The summed E-state index contributed by atoms with van der Waals surface area (Å²) in [6.07, 6.45) is 4.38. The van der Waals surface area contributed by atoms with Crippen molar-refractivity contribution in [1.82, 2.24) is 4.90 Å². The van der Waals surface area contributed by atoms with Crippen molar-refractivity contribution >= 4 is 39.1 Å². The number of hydrogen-bond acceptors (Lipinski definition) is 2. The van der Waals surface area contributed by atoms with Crippen LogP contribution in [0.3, 0.4) is 0 Å². The van der Waals surface area contributed by atoms with Crippen molar-refractivity contribution in [3.8, 4) is 5.75 Å². The molecule has 2 rings (SSSR count). The molecule has 0 saturated heterocycles. The van der Waals surface area contributed by atoms with Crippen LogP contribution in [0, 0.1) is 0 Å². The van der Waals surface area contributed by atoms with Gasteiger partial charge in [-0.1, -0.05) is 46.3 Å². The van der Waals surface area contributed by atoms with Gasteiger partial charge in [0, 0.05) is 17.8 Å². The Morgan fingerprint density at radius 3 is 2.95 bits per heavy atom. The third kappa shape index (κ3) is 3.50. The number of halogens is 2. The zero-order valence-corrected chi connectivity index (χ0v) is 14.2. The molecule has 112 valence electrons. The highest BCUT2D eigenvalue weighted by Gasteiger charge is 2.29. The molecular formula is C16H17BrClNO2. The molecule has 1 amide bonds. The van der Waals surface area contributed by atoms with Gasteiger partial charge in [-0.25, -0.2) is 0 Å². The van der Waals surface area contributed by atoms with Gasteiger partial charge in [-0.3, -0.25) is 4.79 Å². The number of alkyl halides is 1. The van der Waals surface area contributed by atoms with E-state index in [0.29, 0.717) is 30.3 Å². The first kappa shape index (κ1) is 16.1.